The highest BCUT2D eigenvalue weighted by Crippen LogP contribution is 2.17. The second-order valence-electron chi connectivity index (χ2n) is 7.96. The van der Waals surface area contributed by atoms with Gasteiger partial charge in [-0.3, -0.25) is 9.79 Å². The summed E-state index contributed by atoms with van der Waals surface area (Å²) in [5, 5.41) is 7.90. The van der Waals surface area contributed by atoms with Gasteiger partial charge in [-0.2, -0.15) is 0 Å². The Morgan fingerprint density at radius 1 is 1.09 bits per heavy atom. The van der Waals surface area contributed by atoms with Crippen LogP contribution in [0.3, 0.4) is 0 Å². The fraction of sp³-hybridized carbons (Fsp3) is 0.417. The summed E-state index contributed by atoms with van der Waals surface area (Å²) in [5.41, 5.74) is 2.44. The molecule has 0 radical (unpaired) electrons. The van der Waals surface area contributed by atoms with E-state index in [2.05, 4.69) is 59.9 Å². The minimum atomic E-state index is 0. The maximum atomic E-state index is 12.6. The summed E-state index contributed by atoms with van der Waals surface area (Å²) in [6.45, 7) is 6.91. The Morgan fingerprint density at radius 3 is 2.62 bits per heavy atom. The van der Waals surface area contributed by atoms with Crippen molar-refractivity contribution in [2.24, 2.45) is 4.99 Å². The molecule has 10 heteroatoms. The molecular formula is C24H33IN8O. The van der Waals surface area contributed by atoms with Gasteiger partial charge >= 0.3 is 0 Å². The second kappa shape index (κ2) is 13.1. The van der Waals surface area contributed by atoms with Crippen molar-refractivity contribution in [1.82, 2.24) is 30.5 Å². The Balaban J connectivity index is 0.00000324. The number of benzene rings is 1. The van der Waals surface area contributed by atoms with E-state index < -0.39 is 0 Å². The topological polar surface area (TPSA) is 102 Å². The Kier molecular flexibility index (Phi) is 9.92. The van der Waals surface area contributed by atoms with Crippen LogP contribution in [-0.4, -0.2) is 77.5 Å². The largest absolute Gasteiger partial charge is 0.361 e. The number of carbonyl (C=O) groups is 1. The molecular weight excluding hydrogens is 543 g/mol. The average Bonchev–Trinajstić information content (AvgIpc) is 3.28. The Labute approximate surface area is 217 Å². The summed E-state index contributed by atoms with van der Waals surface area (Å²) >= 11 is 0. The molecule has 2 aromatic heterocycles. The van der Waals surface area contributed by atoms with Crippen molar-refractivity contribution in [3.63, 3.8) is 0 Å². The predicted octanol–water partition coefficient (Wildman–Crippen LogP) is 2.41. The lowest BCUT2D eigenvalue weighted by Gasteiger charge is -2.34. The van der Waals surface area contributed by atoms with E-state index in [0.717, 1.165) is 50.0 Å². The summed E-state index contributed by atoms with van der Waals surface area (Å²) in [4.78, 5) is 33.2. The van der Waals surface area contributed by atoms with E-state index >= 15 is 0 Å². The molecule has 0 atom stereocenters. The van der Waals surface area contributed by atoms with Gasteiger partial charge in [-0.15, -0.1) is 24.0 Å². The number of nitrogens with zero attached hydrogens (tertiary/aromatic N) is 5. The lowest BCUT2D eigenvalue weighted by atomic mass is 10.1. The molecule has 1 aliphatic rings. The summed E-state index contributed by atoms with van der Waals surface area (Å²) in [6, 6.07) is 10.1. The van der Waals surface area contributed by atoms with Gasteiger partial charge in [0.1, 0.15) is 0 Å². The molecule has 3 aromatic rings. The Bertz CT molecular complexity index is 1060. The minimum Gasteiger partial charge on any atom is -0.361 e. The number of rotatable bonds is 8. The molecule has 0 saturated carbocycles. The van der Waals surface area contributed by atoms with Crippen LogP contribution in [0.4, 0.5) is 5.95 Å². The number of fused-ring (bicyclic) bond motifs is 1. The van der Waals surface area contributed by atoms with Gasteiger partial charge in [0.15, 0.2) is 5.96 Å². The molecule has 1 amide bonds. The van der Waals surface area contributed by atoms with Gasteiger partial charge in [-0.05, 0) is 31.0 Å². The third-order valence-electron chi connectivity index (χ3n) is 5.77. The predicted molar refractivity (Wildman–Crippen MR) is 147 cm³/mol. The number of aromatic nitrogens is 3. The number of aromatic amines is 1. The van der Waals surface area contributed by atoms with Crippen LogP contribution in [0.25, 0.3) is 10.9 Å². The van der Waals surface area contributed by atoms with Gasteiger partial charge in [0.05, 0.1) is 6.54 Å². The van der Waals surface area contributed by atoms with Gasteiger partial charge in [-0.1, -0.05) is 18.2 Å². The lowest BCUT2D eigenvalue weighted by molar-refractivity contribution is -0.131. The quantitative estimate of drug-likeness (QED) is 0.217. The summed E-state index contributed by atoms with van der Waals surface area (Å²) < 4.78 is 0. The number of nitrogens with one attached hydrogen (secondary N) is 3. The fourth-order valence-electron chi connectivity index (χ4n) is 4.03. The zero-order chi connectivity index (χ0) is 22.9. The highest BCUT2D eigenvalue weighted by Gasteiger charge is 2.22. The molecule has 182 valence electrons. The molecule has 0 unspecified atom stereocenters. The number of halogens is 1. The number of H-pyrrole nitrogens is 1. The van der Waals surface area contributed by atoms with Crippen molar-refractivity contribution >= 4 is 52.7 Å². The molecule has 34 heavy (non-hydrogen) atoms. The number of para-hydroxylation sites is 1. The summed E-state index contributed by atoms with van der Waals surface area (Å²) in [7, 11) is 0. The maximum Gasteiger partial charge on any atom is 0.225 e. The van der Waals surface area contributed by atoms with E-state index in [1.807, 2.05) is 24.0 Å². The molecule has 1 fully saturated rings. The van der Waals surface area contributed by atoms with Crippen molar-refractivity contribution in [2.75, 3.05) is 50.7 Å². The molecule has 0 spiro atoms. The van der Waals surface area contributed by atoms with Crippen molar-refractivity contribution in [3.8, 4) is 0 Å². The Hall–Kier alpha value is -2.89. The van der Waals surface area contributed by atoms with Gasteiger partial charge in [0, 0.05) is 75.2 Å². The van der Waals surface area contributed by atoms with E-state index in [9.17, 15) is 4.79 Å². The molecule has 1 aliphatic heterocycles. The molecule has 1 aromatic carbocycles. The summed E-state index contributed by atoms with van der Waals surface area (Å²) in [5.74, 6) is 1.61. The monoisotopic (exact) mass is 576 g/mol. The first-order valence-corrected chi connectivity index (χ1v) is 11.6. The van der Waals surface area contributed by atoms with Crippen molar-refractivity contribution in [2.45, 2.75) is 19.8 Å². The number of carbonyl (C=O) groups excluding carboxylic acids is 1. The van der Waals surface area contributed by atoms with Crippen molar-refractivity contribution < 1.29 is 4.79 Å². The van der Waals surface area contributed by atoms with Crippen LogP contribution in [0.2, 0.25) is 0 Å². The number of anilines is 1. The number of hydrogen-bond donors (Lipinski definition) is 3. The zero-order valence-corrected chi connectivity index (χ0v) is 21.9. The summed E-state index contributed by atoms with van der Waals surface area (Å²) in [6.07, 6.45) is 6.85. The molecule has 3 heterocycles. The normalized spacial score (nSPS) is 14.1. The molecule has 4 rings (SSSR count). The van der Waals surface area contributed by atoms with Crippen LogP contribution >= 0.6 is 24.0 Å². The standard InChI is InChI=1S/C24H32N8O.HI/c1-2-25-23(26-12-8-19-18-30-21-7-4-3-6-20(19)21)27-13-9-22(33)31-14-16-32(17-15-31)24-28-10-5-11-29-24;/h3-7,10-11,18,30H,2,8-9,12-17H2,1H3,(H2,25,26,27);1H. The Morgan fingerprint density at radius 2 is 1.85 bits per heavy atom. The number of hydrogen-bond acceptors (Lipinski definition) is 5. The van der Waals surface area contributed by atoms with Crippen LogP contribution < -0.4 is 15.5 Å². The fourth-order valence-corrected chi connectivity index (χ4v) is 4.03. The van der Waals surface area contributed by atoms with Crippen LogP contribution in [0.1, 0.15) is 18.9 Å². The SMILES string of the molecule is CCNC(=NCCC(=O)N1CCN(c2ncccn2)CC1)NCCc1c[nH]c2ccccc12.I. The molecule has 9 nitrogen and oxygen atoms in total. The molecule has 3 N–H and O–H groups in total. The van der Waals surface area contributed by atoms with Crippen molar-refractivity contribution in [1.29, 1.82) is 0 Å². The van der Waals surface area contributed by atoms with Gasteiger partial charge in [0.2, 0.25) is 11.9 Å². The average molecular weight is 576 g/mol. The molecule has 1 saturated heterocycles. The number of aliphatic imine (C=N–C) groups is 1. The highest BCUT2D eigenvalue weighted by atomic mass is 127. The zero-order valence-electron chi connectivity index (χ0n) is 19.5. The third kappa shape index (κ3) is 6.81. The van der Waals surface area contributed by atoms with Crippen LogP contribution in [0.5, 0.6) is 0 Å². The van der Waals surface area contributed by atoms with E-state index in [0.29, 0.717) is 26.1 Å². The van der Waals surface area contributed by atoms with Gasteiger partial charge < -0.3 is 25.4 Å². The molecule has 0 bridgehead atoms. The van der Waals surface area contributed by atoms with Crippen LogP contribution in [-0.2, 0) is 11.2 Å². The first kappa shape index (κ1) is 25.7. The van der Waals surface area contributed by atoms with Gasteiger partial charge in [-0.25, -0.2) is 9.97 Å². The maximum absolute atomic E-state index is 12.6. The molecule has 0 aliphatic carbocycles. The lowest BCUT2D eigenvalue weighted by Crippen LogP contribution is -2.49. The van der Waals surface area contributed by atoms with E-state index in [-0.39, 0.29) is 29.9 Å². The number of amides is 1. The number of piperazine rings is 1. The van der Waals surface area contributed by atoms with E-state index in [1.165, 1.54) is 10.9 Å². The van der Waals surface area contributed by atoms with Crippen LogP contribution in [0.15, 0.2) is 53.9 Å². The minimum absolute atomic E-state index is 0. The smallest absolute Gasteiger partial charge is 0.225 e. The third-order valence-corrected chi connectivity index (χ3v) is 5.77. The van der Waals surface area contributed by atoms with E-state index in [1.54, 1.807) is 12.4 Å². The second-order valence-corrected chi connectivity index (χ2v) is 7.96. The first-order chi connectivity index (χ1) is 16.2. The van der Waals surface area contributed by atoms with E-state index in [4.69, 9.17) is 0 Å². The highest BCUT2D eigenvalue weighted by molar-refractivity contribution is 14.0. The van der Waals surface area contributed by atoms with Crippen molar-refractivity contribution in [3.05, 3.63) is 54.5 Å². The van der Waals surface area contributed by atoms with Gasteiger partial charge in [0.25, 0.3) is 0 Å². The van der Waals surface area contributed by atoms with Crippen LogP contribution in [0, 0.1) is 0 Å². The number of guanidine groups is 1. The first-order valence-electron chi connectivity index (χ1n) is 11.6.